The van der Waals surface area contributed by atoms with Gasteiger partial charge < -0.3 is 4.98 Å². The van der Waals surface area contributed by atoms with Gasteiger partial charge in [0.2, 0.25) is 0 Å². The molecule has 1 aliphatic heterocycles. The lowest BCUT2D eigenvalue weighted by Crippen LogP contribution is -2.35. The first-order valence-electron chi connectivity index (χ1n) is 6.68. The smallest absolute Gasteiger partial charge is 0.254 e. The van der Waals surface area contributed by atoms with Crippen LogP contribution in [0.25, 0.3) is 0 Å². The van der Waals surface area contributed by atoms with Crippen molar-refractivity contribution in [2.75, 3.05) is 6.54 Å². The largest absolute Gasteiger partial charge is 0.311 e. The Labute approximate surface area is 116 Å². The summed E-state index contributed by atoms with van der Waals surface area (Å²) in [6.45, 7) is 3.65. The van der Waals surface area contributed by atoms with Gasteiger partial charge in [-0.2, -0.15) is 0 Å². The van der Waals surface area contributed by atoms with Gasteiger partial charge in [-0.15, -0.1) is 0 Å². The van der Waals surface area contributed by atoms with Gasteiger partial charge in [0.25, 0.3) is 5.56 Å². The quantitative estimate of drug-likeness (QED) is 0.907. The fourth-order valence-corrected chi connectivity index (χ4v) is 2.62. The lowest BCUT2D eigenvalue weighted by molar-refractivity contribution is 0.237. The van der Waals surface area contributed by atoms with E-state index in [0.29, 0.717) is 30.9 Å². The van der Waals surface area contributed by atoms with Crippen LogP contribution in [0.4, 0.5) is 4.39 Å². The van der Waals surface area contributed by atoms with Gasteiger partial charge in [0.1, 0.15) is 11.6 Å². The van der Waals surface area contributed by atoms with Crippen molar-refractivity contribution < 1.29 is 4.39 Å². The number of aromatic amines is 1. The summed E-state index contributed by atoms with van der Waals surface area (Å²) in [6, 6.07) is 6.79. The maximum Gasteiger partial charge on any atom is 0.254 e. The predicted molar refractivity (Wildman–Crippen MR) is 73.8 cm³/mol. The summed E-state index contributed by atoms with van der Waals surface area (Å²) >= 11 is 0. The number of hydrogen-bond donors (Lipinski definition) is 1. The lowest BCUT2D eigenvalue weighted by atomic mass is 10.1. The summed E-state index contributed by atoms with van der Waals surface area (Å²) in [7, 11) is 0. The number of H-pyrrole nitrogens is 1. The monoisotopic (exact) mass is 273 g/mol. The van der Waals surface area contributed by atoms with Gasteiger partial charge in [-0.05, 0) is 19.4 Å². The van der Waals surface area contributed by atoms with Gasteiger partial charge in [0, 0.05) is 30.8 Å². The van der Waals surface area contributed by atoms with Crippen LogP contribution in [-0.4, -0.2) is 21.4 Å². The van der Waals surface area contributed by atoms with Gasteiger partial charge >= 0.3 is 0 Å². The molecule has 0 fully saturated rings. The van der Waals surface area contributed by atoms with Crippen molar-refractivity contribution in [3.8, 4) is 0 Å². The van der Waals surface area contributed by atoms with E-state index >= 15 is 0 Å². The van der Waals surface area contributed by atoms with Crippen molar-refractivity contribution in [2.45, 2.75) is 26.4 Å². The number of nitrogens with zero attached hydrogens (tertiary/aromatic N) is 2. The number of rotatable bonds is 2. The van der Waals surface area contributed by atoms with Gasteiger partial charge in [-0.3, -0.25) is 9.69 Å². The normalized spacial score (nSPS) is 15.1. The molecule has 5 heteroatoms. The molecule has 2 heterocycles. The molecule has 1 aliphatic rings. The number of fused-ring (bicyclic) bond motifs is 1. The fraction of sp³-hybridized carbons (Fsp3) is 0.333. The minimum absolute atomic E-state index is 0.0435. The molecule has 1 N–H and O–H groups in total. The summed E-state index contributed by atoms with van der Waals surface area (Å²) in [5.74, 6) is 0.440. The highest BCUT2D eigenvalue weighted by atomic mass is 19.1. The first-order valence-corrected chi connectivity index (χ1v) is 6.68. The second-order valence-corrected chi connectivity index (χ2v) is 5.13. The molecule has 1 aromatic carbocycles. The first-order chi connectivity index (χ1) is 9.63. The molecule has 0 atom stereocenters. The van der Waals surface area contributed by atoms with Crippen molar-refractivity contribution in [2.24, 2.45) is 0 Å². The van der Waals surface area contributed by atoms with E-state index in [9.17, 15) is 9.18 Å². The van der Waals surface area contributed by atoms with Crippen LogP contribution in [0.2, 0.25) is 0 Å². The van der Waals surface area contributed by atoms with Crippen LogP contribution in [0.1, 0.15) is 22.6 Å². The fourth-order valence-electron chi connectivity index (χ4n) is 2.62. The zero-order valence-corrected chi connectivity index (χ0v) is 11.3. The number of benzene rings is 1. The molecule has 0 radical (unpaired) electrons. The van der Waals surface area contributed by atoms with Crippen LogP contribution < -0.4 is 5.56 Å². The highest BCUT2D eigenvalue weighted by Gasteiger charge is 2.21. The summed E-state index contributed by atoms with van der Waals surface area (Å²) in [5, 5.41) is 0. The molecule has 0 amide bonds. The molecule has 0 aliphatic carbocycles. The third-order valence-electron chi connectivity index (χ3n) is 3.62. The van der Waals surface area contributed by atoms with Crippen LogP contribution in [0, 0.1) is 12.7 Å². The van der Waals surface area contributed by atoms with Crippen molar-refractivity contribution in [3.05, 3.63) is 63.1 Å². The van der Waals surface area contributed by atoms with E-state index in [1.165, 1.54) is 6.07 Å². The zero-order chi connectivity index (χ0) is 14.1. The van der Waals surface area contributed by atoms with E-state index in [1.54, 1.807) is 19.1 Å². The Hall–Kier alpha value is -2.01. The lowest BCUT2D eigenvalue weighted by Gasteiger charge is -2.27. The predicted octanol–water partition coefficient (Wildman–Crippen LogP) is 1.78. The van der Waals surface area contributed by atoms with Crippen LogP contribution >= 0.6 is 0 Å². The van der Waals surface area contributed by atoms with Gasteiger partial charge in [0.15, 0.2) is 0 Å². The molecule has 0 unspecified atom stereocenters. The van der Waals surface area contributed by atoms with E-state index in [0.717, 1.165) is 17.8 Å². The molecule has 2 aromatic rings. The van der Waals surface area contributed by atoms with E-state index in [1.807, 2.05) is 6.07 Å². The number of aryl methyl sites for hydroxylation is 1. The minimum Gasteiger partial charge on any atom is -0.311 e. The SMILES string of the molecule is Cc1nc2c(c(=O)[nH]1)CCN(Cc1ccccc1F)C2. The molecule has 0 saturated heterocycles. The van der Waals surface area contributed by atoms with Crippen LogP contribution in [0.15, 0.2) is 29.1 Å². The third-order valence-corrected chi connectivity index (χ3v) is 3.62. The number of halogens is 1. The summed E-state index contributed by atoms with van der Waals surface area (Å²) < 4.78 is 13.7. The standard InChI is InChI=1S/C15H16FN3O/c1-10-17-14-9-19(7-6-12(14)15(20)18-10)8-11-4-2-3-5-13(11)16/h2-5H,6-9H2,1H3,(H,17,18,20). The van der Waals surface area contributed by atoms with Crippen molar-refractivity contribution >= 4 is 0 Å². The molecular weight excluding hydrogens is 257 g/mol. The average Bonchev–Trinajstić information content (AvgIpc) is 2.41. The molecular formula is C15H16FN3O. The van der Waals surface area contributed by atoms with Crippen molar-refractivity contribution in [1.82, 2.24) is 14.9 Å². The van der Waals surface area contributed by atoms with Gasteiger partial charge in [-0.1, -0.05) is 18.2 Å². The number of hydrogen-bond acceptors (Lipinski definition) is 3. The van der Waals surface area contributed by atoms with Crippen molar-refractivity contribution in [3.63, 3.8) is 0 Å². The molecule has 0 bridgehead atoms. The maximum atomic E-state index is 13.7. The van der Waals surface area contributed by atoms with E-state index < -0.39 is 0 Å². The Morgan fingerprint density at radius 3 is 3.00 bits per heavy atom. The Morgan fingerprint density at radius 2 is 2.20 bits per heavy atom. The second kappa shape index (κ2) is 5.17. The Morgan fingerprint density at radius 1 is 1.40 bits per heavy atom. The molecule has 0 spiro atoms. The summed E-state index contributed by atoms with van der Waals surface area (Å²) in [4.78, 5) is 21.1. The molecule has 20 heavy (non-hydrogen) atoms. The Balaban J connectivity index is 1.82. The molecule has 0 saturated carbocycles. The Bertz CT molecular complexity index is 696. The molecule has 1 aromatic heterocycles. The topological polar surface area (TPSA) is 49.0 Å². The second-order valence-electron chi connectivity index (χ2n) is 5.13. The van der Waals surface area contributed by atoms with Gasteiger partial charge in [0.05, 0.1) is 5.69 Å². The van der Waals surface area contributed by atoms with E-state index in [4.69, 9.17) is 0 Å². The number of aromatic nitrogens is 2. The minimum atomic E-state index is -0.187. The highest BCUT2D eigenvalue weighted by Crippen LogP contribution is 2.17. The summed E-state index contributed by atoms with van der Waals surface area (Å²) in [6.07, 6.45) is 0.659. The molecule has 3 rings (SSSR count). The Kier molecular flexibility index (Phi) is 3.36. The number of nitrogens with one attached hydrogen (secondary N) is 1. The highest BCUT2D eigenvalue weighted by molar-refractivity contribution is 5.22. The first kappa shape index (κ1) is 13.0. The third kappa shape index (κ3) is 2.49. The van der Waals surface area contributed by atoms with E-state index in [2.05, 4.69) is 14.9 Å². The summed E-state index contributed by atoms with van der Waals surface area (Å²) in [5.41, 5.74) is 2.21. The van der Waals surface area contributed by atoms with Crippen molar-refractivity contribution in [1.29, 1.82) is 0 Å². The van der Waals surface area contributed by atoms with E-state index in [-0.39, 0.29) is 11.4 Å². The van der Waals surface area contributed by atoms with Crippen LogP contribution in [0.3, 0.4) is 0 Å². The maximum absolute atomic E-state index is 13.7. The molecule has 104 valence electrons. The zero-order valence-electron chi connectivity index (χ0n) is 11.3. The van der Waals surface area contributed by atoms with Gasteiger partial charge in [-0.25, -0.2) is 9.37 Å². The average molecular weight is 273 g/mol. The van der Waals surface area contributed by atoms with Crippen LogP contribution in [-0.2, 0) is 19.5 Å². The molecule has 4 nitrogen and oxygen atoms in total. The van der Waals surface area contributed by atoms with Crippen LogP contribution in [0.5, 0.6) is 0 Å².